The van der Waals surface area contributed by atoms with Gasteiger partial charge in [-0.25, -0.2) is 4.79 Å². The highest BCUT2D eigenvalue weighted by molar-refractivity contribution is 7.80. The third-order valence-corrected chi connectivity index (χ3v) is 5.09. The van der Waals surface area contributed by atoms with Crippen LogP contribution in [0.5, 0.6) is 0 Å². The Bertz CT molecular complexity index is 738. The molecule has 34 heavy (non-hydrogen) atoms. The van der Waals surface area contributed by atoms with E-state index in [0.717, 1.165) is 0 Å². The molecule has 0 aromatic carbocycles. The molecule has 0 rings (SSSR count). The molecule has 4 atom stereocenters. The van der Waals surface area contributed by atoms with Gasteiger partial charge in [0.05, 0.1) is 6.04 Å². The fourth-order valence-corrected chi connectivity index (χ4v) is 3.01. The van der Waals surface area contributed by atoms with Gasteiger partial charge in [-0.1, -0.05) is 0 Å². The Morgan fingerprint density at radius 2 is 1.24 bits per heavy atom. The van der Waals surface area contributed by atoms with E-state index >= 15 is 0 Å². The summed E-state index contributed by atoms with van der Waals surface area (Å²) in [6.07, 6.45) is 0.506. The second kappa shape index (κ2) is 16.7. The number of amides is 5. The van der Waals surface area contributed by atoms with Crippen LogP contribution in [0, 0.1) is 0 Å². The number of carbonyl (C=O) groups excluding carboxylic acids is 5. The van der Waals surface area contributed by atoms with E-state index in [1.54, 1.807) is 0 Å². The molecule has 0 aliphatic heterocycles. The molecule has 0 bridgehead atoms. The summed E-state index contributed by atoms with van der Waals surface area (Å²) >= 11 is 4.02. The average Bonchev–Trinajstić information content (AvgIpc) is 2.76. The lowest BCUT2D eigenvalue weighted by Gasteiger charge is -2.24. The normalized spacial score (nSPS) is 14.2. The molecule has 4 unspecified atom stereocenters. The van der Waals surface area contributed by atoms with Crippen LogP contribution in [0.2, 0.25) is 0 Å². The standard InChI is InChI=1S/C19H35N7O7S/c20-8-2-1-3-12(19(32)33)25-17(30)11(5-7-15(23)28)24-18(31)13(9-34)26-16(29)10(21)4-6-14(22)27/h10-13,34H,1-9,20-21H2,(H2,22,27)(H2,23,28)(H,24,31)(H,25,30)(H,26,29)(H,32,33). The predicted octanol–water partition coefficient (Wildman–Crippen LogP) is -3.56. The number of thiol groups is 1. The number of rotatable bonds is 18. The maximum absolute atomic E-state index is 12.7. The Kier molecular flexibility index (Phi) is 15.2. The van der Waals surface area contributed by atoms with E-state index in [1.165, 1.54) is 0 Å². The van der Waals surface area contributed by atoms with Gasteiger partial charge in [-0.2, -0.15) is 12.6 Å². The van der Waals surface area contributed by atoms with E-state index in [4.69, 9.17) is 22.9 Å². The molecule has 0 saturated carbocycles. The monoisotopic (exact) mass is 505 g/mol. The highest BCUT2D eigenvalue weighted by Crippen LogP contribution is 2.05. The van der Waals surface area contributed by atoms with Crippen LogP contribution in [0.15, 0.2) is 0 Å². The van der Waals surface area contributed by atoms with Crippen LogP contribution in [0.3, 0.4) is 0 Å². The van der Waals surface area contributed by atoms with Crippen molar-refractivity contribution in [3.63, 3.8) is 0 Å². The molecule has 0 radical (unpaired) electrons. The van der Waals surface area contributed by atoms with E-state index < -0.39 is 59.7 Å². The minimum absolute atomic E-state index is 0.0353. The van der Waals surface area contributed by atoms with E-state index in [2.05, 4.69) is 28.6 Å². The van der Waals surface area contributed by atoms with E-state index in [9.17, 15) is 33.9 Å². The van der Waals surface area contributed by atoms with Crippen molar-refractivity contribution in [1.29, 1.82) is 0 Å². The van der Waals surface area contributed by atoms with E-state index in [-0.39, 0.29) is 37.9 Å². The molecule has 194 valence electrons. The number of hydrogen-bond acceptors (Lipinski definition) is 9. The quantitative estimate of drug-likeness (QED) is 0.0658. The summed E-state index contributed by atoms with van der Waals surface area (Å²) in [7, 11) is 0. The van der Waals surface area contributed by atoms with Crippen molar-refractivity contribution in [3.8, 4) is 0 Å². The van der Waals surface area contributed by atoms with Gasteiger partial charge in [0, 0.05) is 18.6 Å². The number of aliphatic carboxylic acids is 1. The summed E-state index contributed by atoms with van der Waals surface area (Å²) in [6.45, 7) is 0.362. The second-order valence-electron chi connectivity index (χ2n) is 7.61. The van der Waals surface area contributed by atoms with Crippen molar-refractivity contribution >= 4 is 48.1 Å². The molecule has 0 aliphatic carbocycles. The van der Waals surface area contributed by atoms with Gasteiger partial charge in [0.1, 0.15) is 18.1 Å². The smallest absolute Gasteiger partial charge is 0.326 e. The van der Waals surface area contributed by atoms with Crippen LogP contribution in [0.25, 0.3) is 0 Å². The average molecular weight is 506 g/mol. The van der Waals surface area contributed by atoms with Gasteiger partial charge in [0.25, 0.3) is 0 Å². The lowest BCUT2D eigenvalue weighted by Crippen LogP contribution is -2.57. The number of primary amides is 2. The molecule has 0 heterocycles. The van der Waals surface area contributed by atoms with Gasteiger partial charge in [-0.05, 0) is 38.6 Å². The van der Waals surface area contributed by atoms with Crippen molar-refractivity contribution in [3.05, 3.63) is 0 Å². The number of carbonyl (C=O) groups is 6. The molecule has 15 heteroatoms. The van der Waals surface area contributed by atoms with Gasteiger partial charge in [-0.3, -0.25) is 24.0 Å². The molecule has 12 N–H and O–H groups in total. The van der Waals surface area contributed by atoms with Gasteiger partial charge in [0.2, 0.25) is 29.5 Å². The summed E-state index contributed by atoms with van der Waals surface area (Å²) in [5, 5.41) is 16.4. The number of carboxylic acid groups (broad SMARTS) is 1. The first kappa shape index (κ1) is 31.1. The van der Waals surface area contributed by atoms with Crippen molar-refractivity contribution in [2.75, 3.05) is 12.3 Å². The van der Waals surface area contributed by atoms with Gasteiger partial charge >= 0.3 is 5.97 Å². The fourth-order valence-electron chi connectivity index (χ4n) is 2.75. The lowest BCUT2D eigenvalue weighted by atomic mass is 10.1. The highest BCUT2D eigenvalue weighted by Gasteiger charge is 2.30. The topological polar surface area (TPSA) is 263 Å². The first-order chi connectivity index (χ1) is 15.9. The minimum Gasteiger partial charge on any atom is -0.480 e. The molecule has 0 saturated heterocycles. The fraction of sp³-hybridized carbons (Fsp3) is 0.684. The highest BCUT2D eigenvalue weighted by atomic mass is 32.1. The molecular weight excluding hydrogens is 470 g/mol. The Balaban J connectivity index is 5.27. The summed E-state index contributed by atoms with van der Waals surface area (Å²) in [5.41, 5.74) is 21.2. The van der Waals surface area contributed by atoms with Crippen LogP contribution >= 0.6 is 12.6 Å². The first-order valence-electron chi connectivity index (χ1n) is 10.7. The van der Waals surface area contributed by atoms with Gasteiger partial charge in [-0.15, -0.1) is 0 Å². The molecule has 0 aromatic heterocycles. The largest absolute Gasteiger partial charge is 0.480 e. The Morgan fingerprint density at radius 1 is 0.735 bits per heavy atom. The summed E-state index contributed by atoms with van der Waals surface area (Å²) in [5.74, 6) is -5.19. The van der Waals surface area contributed by atoms with E-state index in [1.807, 2.05) is 0 Å². The Morgan fingerprint density at radius 3 is 1.74 bits per heavy atom. The predicted molar refractivity (Wildman–Crippen MR) is 125 cm³/mol. The second-order valence-corrected chi connectivity index (χ2v) is 7.97. The SMILES string of the molecule is NCCCCC(NC(=O)C(CCC(N)=O)NC(=O)C(CS)NC(=O)C(N)CCC(N)=O)C(=O)O. The lowest BCUT2D eigenvalue weighted by molar-refractivity contribution is -0.142. The van der Waals surface area contributed by atoms with Crippen LogP contribution in [0.4, 0.5) is 0 Å². The van der Waals surface area contributed by atoms with Crippen LogP contribution in [-0.2, 0) is 28.8 Å². The van der Waals surface area contributed by atoms with Crippen molar-refractivity contribution < 1.29 is 33.9 Å². The molecule has 5 amide bonds. The Hall–Kier alpha value is -2.91. The van der Waals surface area contributed by atoms with Crippen LogP contribution in [-0.4, -0.2) is 77.1 Å². The zero-order valence-electron chi connectivity index (χ0n) is 18.8. The number of hydrogen-bond donors (Lipinski definition) is 9. The zero-order chi connectivity index (χ0) is 26.3. The molecular formula is C19H35N7O7S. The summed E-state index contributed by atoms with van der Waals surface area (Å²) < 4.78 is 0. The molecule has 14 nitrogen and oxygen atoms in total. The van der Waals surface area contributed by atoms with Gasteiger partial charge in [0.15, 0.2) is 0 Å². The first-order valence-corrected chi connectivity index (χ1v) is 11.3. The summed E-state index contributed by atoms with van der Waals surface area (Å²) in [4.78, 5) is 71.1. The van der Waals surface area contributed by atoms with Crippen LogP contribution < -0.4 is 38.9 Å². The van der Waals surface area contributed by atoms with Gasteiger partial charge < -0.3 is 44.0 Å². The molecule has 0 aromatic rings. The van der Waals surface area contributed by atoms with Crippen molar-refractivity contribution in [2.24, 2.45) is 22.9 Å². The van der Waals surface area contributed by atoms with Crippen molar-refractivity contribution in [1.82, 2.24) is 16.0 Å². The minimum atomic E-state index is -1.31. The Labute approximate surface area is 202 Å². The van der Waals surface area contributed by atoms with E-state index in [0.29, 0.717) is 19.4 Å². The number of nitrogens with two attached hydrogens (primary N) is 4. The maximum Gasteiger partial charge on any atom is 0.326 e. The third kappa shape index (κ3) is 13.0. The molecule has 0 spiro atoms. The molecule has 0 aliphatic rings. The van der Waals surface area contributed by atoms with Crippen molar-refractivity contribution in [2.45, 2.75) is 69.1 Å². The third-order valence-electron chi connectivity index (χ3n) is 4.73. The molecule has 0 fully saturated rings. The maximum atomic E-state index is 12.7. The number of carboxylic acids is 1. The van der Waals surface area contributed by atoms with Crippen LogP contribution in [0.1, 0.15) is 44.9 Å². The number of unbranched alkanes of at least 4 members (excludes halogenated alkanes) is 1. The zero-order valence-corrected chi connectivity index (χ0v) is 19.7. The summed E-state index contributed by atoms with van der Waals surface area (Å²) in [6, 6.07) is -4.85. The number of nitrogens with one attached hydrogen (secondary N) is 3.